The van der Waals surface area contributed by atoms with E-state index in [9.17, 15) is 4.79 Å². The number of anilines is 2. The van der Waals surface area contributed by atoms with E-state index in [0.717, 1.165) is 29.8 Å². The van der Waals surface area contributed by atoms with Crippen LogP contribution in [0.25, 0.3) is 22.3 Å². The molecule has 1 aromatic heterocycles. The number of fused-ring (bicyclic) bond motifs is 2. The van der Waals surface area contributed by atoms with E-state index < -0.39 is 5.66 Å². The van der Waals surface area contributed by atoms with Crippen LogP contribution in [0.15, 0.2) is 82.0 Å². The van der Waals surface area contributed by atoms with Crippen molar-refractivity contribution in [3.05, 3.63) is 94.1 Å². The number of unbranched alkanes of at least 4 members (excludes halogenated alkanes) is 1. The molecule has 5 aromatic rings. The van der Waals surface area contributed by atoms with Gasteiger partial charge in [-0.3, -0.25) is 4.79 Å². The number of nitrogens with one attached hydrogen (secondary N) is 2. The molecule has 1 aliphatic rings. The van der Waals surface area contributed by atoms with E-state index in [1.807, 2.05) is 12.1 Å². The van der Waals surface area contributed by atoms with Gasteiger partial charge in [0.1, 0.15) is 28.1 Å². The minimum atomic E-state index is -0.479. The highest BCUT2D eigenvalue weighted by atomic mass is 16.5. The van der Waals surface area contributed by atoms with Gasteiger partial charge in [0.15, 0.2) is 17.3 Å². The largest absolute Gasteiger partial charge is 0.496 e. The number of methoxy groups -OCH3 is 5. The minimum absolute atomic E-state index is 0.0537. The molecule has 10 nitrogen and oxygen atoms in total. The van der Waals surface area contributed by atoms with Gasteiger partial charge in [-0.05, 0) is 56.0 Å². The van der Waals surface area contributed by atoms with E-state index in [-0.39, 0.29) is 34.5 Å². The summed E-state index contributed by atoms with van der Waals surface area (Å²) < 4.78 is 40.5. The zero-order valence-corrected chi connectivity index (χ0v) is 28.0. The van der Waals surface area contributed by atoms with E-state index >= 15 is 0 Å². The fraction of sp³-hybridized carbons (Fsp3) is 0.289. The normalized spacial score (nSPS) is 12.9. The molecular weight excluding hydrogens is 612 g/mol. The predicted octanol–water partition coefficient (Wildman–Crippen LogP) is 7.75. The van der Waals surface area contributed by atoms with Gasteiger partial charge in [-0.25, -0.2) is 0 Å². The minimum Gasteiger partial charge on any atom is -0.496 e. The molecule has 0 saturated carbocycles. The Balaban J connectivity index is 1.32. The molecule has 0 amide bonds. The Morgan fingerprint density at radius 1 is 0.708 bits per heavy atom. The third-order valence-corrected chi connectivity index (χ3v) is 8.63. The molecular formula is C38H40N2O8. The second-order valence-electron chi connectivity index (χ2n) is 11.6. The highest BCUT2D eigenvalue weighted by Crippen LogP contribution is 2.45. The first-order valence-electron chi connectivity index (χ1n) is 15.7. The molecule has 2 N–H and O–H groups in total. The molecule has 0 unspecified atom stereocenters. The molecule has 0 atom stereocenters. The summed E-state index contributed by atoms with van der Waals surface area (Å²) in [6.45, 7) is 2.35. The van der Waals surface area contributed by atoms with Crippen molar-refractivity contribution < 1.29 is 32.8 Å². The lowest BCUT2D eigenvalue weighted by Crippen LogP contribution is -2.38. The van der Waals surface area contributed by atoms with Gasteiger partial charge in [0.2, 0.25) is 16.9 Å². The molecule has 1 aliphatic heterocycles. The van der Waals surface area contributed by atoms with Crippen LogP contribution in [0.1, 0.15) is 30.4 Å². The summed E-state index contributed by atoms with van der Waals surface area (Å²) >= 11 is 0. The molecule has 0 spiro atoms. The Kier molecular flexibility index (Phi) is 9.25. The standard InChI is InChI=1S/C38H40N2O8/c1-23-13-15-25(16-14-23)38(39-27-11-7-8-12-28(27)40-38)17-9-10-18-47-37-34(41)33-29(43-3)21-26(42-2)22-30(33)48-35(37)24-19-31(44-4)36(46-6)32(20-24)45-5/h7-8,11-16,19-22,39-40H,9-10,17-18H2,1-6H3. The second kappa shape index (κ2) is 13.7. The van der Waals surface area contributed by atoms with Crippen LogP contribution in [0, 0.1) is 6.92 Å². The molecule has 0 aliphatic carbocycles. The van der Waals surface area contributed by atoms with Gasteiger partial charge in [0, 0.05) is 17.7 Å². The van der Waals surface area contributed by atoms with Crippen LogP contribution in [0.2, 0.25) is 0 Å². The van der Waals surface area contributed by atoms with Gasteiger partial charge < -0.3 is 43.5 Å². The van der Waals surface area contributed by atoms with Crippen molar-refractivity contribution >= 4 is 22.3 Å². The van der Waals surface area contributed by atoms with Crippen molar-refractivity contribution in [2.45, 2.75) is 31.8 Å². The van der Waals surface area contributed by atoms with E-state index in [4.69, 9.17) is 32.8 Å². The van der Waals surface area contributed by atoms with Crippen LogP contribution < -0.4 is 44.5 Å². The zero-order valence-electron chi connectivity index (χ0n) is 28.0. The molecule has 250 valence electrons. The lowest BCUT2D eigenvalue weighted by Gasteiger charge is -2.32. The maximum Gasteiger partial charge on any atom is 0.239 e. The summed E-state index contributed by atoms with van der Waals surface area (Å²) in [6.07, 6.45) is 2.23. The SMILES string of the molecule is COc1cc(OC)c2c(=O)c(OCCCCC3(c4ccc(C)cc4)Nc4ccccc4N3)c(-c3cc(OC)c(OC)c(OC)c3)oc2c1. The maximum atomic E-state index is 14.2. The Morgan fingerprint density at radius 2 is 1.35 bits per heavy atom. The van der Waals surface area contributed by atoms with Gasteiger partial charge in [-0.2, -0.15) is 0 Å². The van der Waals surface area contributed by atoms with E-state index in [0.29, 0.717) is 40.7 Å². The highest BCUT2D eigenvalue weighted by molar-refractivity contribution is 5.89. The summed E-state index contributed by atoms with van der Waals surface area (Å²) in [5.41, 5.74) is 4.41. The second-order valence-corrected chi connectivity index (χ2v) is 11.6. The zero-order chi connectivity index (χ0) is 33.8. The Morgan fingerprint density at radius 3 is 1.94 bits per heavy atom. The van der Waals surface area contributed by atoms with Crippen LogP contribution in [0.4, 0.5) is 11.4 Å². The summed E-state index contributed by atoms with van der Waals surface area (Å²) in [6, 6.07) is 23.5. The number of rotatable bonds is 13. The first-order valence-corrected chi connectivity index (χ1v) is 15.7. The fourth-order valence-corrected chi connectivity index (χ4v) is 6.17. The van der Waals surface area contributed by atoms with E-state index in [2.05, 4.69) is 54.0 Å². The molecule has 0 saturated heterocycles. The maximum absolute atomic E-state index is 14.2. The number of ether oxygens (including phenoxy) is 6. The average Bonchev–Trinajstić information content (AvgIpc) is 3.50. The first kappa shape index (κ1) is 32.4. The third kappa shape index (κ3) is 6.01. The number of benzene rings is 4. The van der Waals surface area contributed by atoms with Crippen molar-refractivity contribution in [2.75, 3.05) is 52.8 Å². The van der Waals surface area contributed by atoms with Crippen molar-refractivity contribution in [2.24, 2.45) is 0 Å². The number of aryl methyl sites for hydroxylation is 1. The molecule has 48 heavy (non-hydrogen) atoms. The Hall–Kier alpha value is -5.51. The van der Waals surface area contributed by atoms with Gasteiger partial charge in [0.25, 0.3) is 0 Å². The van der Waals surface area contributed by atoms with Crippen LogP contribution in [-0.4, -0.2) is 42.2 Å². The van der Waals surface area contributed by atoms with Crippen LogP contribution in [-0.2, 0) is 5.66 Å². The van der Waals surface area contributed by atoms with E-state index in [1.165, 1.54) is 41.1 Å². The smallest absolute Gasteiger partial charge is 0.239 e. The quantitative estimate of drug-likeness (QED) is 0.123. The van der Waals surface area contributed by atoms with E-state index in [1.54, 1.807) is 24.3 Å². The van der Waals surface area contributed by atoms with Gasteiger partial charge in [0.05, 0.1) is 53.5 Å². The molecule has 2 heterocycles. The summed E-state index contributed by atoms with van der Waals surface area (Å²) in [4.78, 5) is 14.2. The van der Waals surface area contributed by atoms with Crippen molar-refractivity contribution in [1.29, 1.82) is 0 Å². The predicted molar refractivity (Wildman–Crippen MR) is 187 cm³/mol. The molecule has 0 fully saturated rings. The average molecular weight is 653 g/mol. The van der Waals surface area contributed by atoms with Gasteiger partial charge in [-0.15, -0.1) is 0 Å². The summed E-state index contributed by atoms with van der Waals surface area (Å²) in [5.74, 6) is 2.29. The fourth-order valence-electron chi connectivity index (χ4n) is 6.17. The molecule has 6 rings (SSSR count). The first-order chi connectivity index (χ1) is 23.3. The van der Waals surface area contributed by atoms with Crippen LogP contribution >= 0.6 is 0 Å². The Labute approximate surface area is 279 Å². The lowest BCUT2D eigenvalue weighted by molar-refractivity contribution is 0.292. The van der Waals surface area contributed by atoms with Crippen molar-refractivity contribution in [3.8, 4) is 45.8 Å². The van der Waals surface area contributed by atoms with Crippen LogP contribution in [0.5, 0.6) is 34.5 Å². The van der Waals surface area contributed by atoms with Gasteiger partial charge >= 0.3 is 0 Å². The topological polar surface area (TPSA) is 110 Å². The van der Waals surface area contributed by atoms with Gasteiger partial charge in [-0.1, -0.05) is 42.0 Å². The summed E-state index contributed by atoms with van der Waals surface area (Å²) in [7, 11) is 7.62. The number of hydrogen-bond donors (Lipinski definition) is 2. The molecule has 0 radical (unpaired) electrons. The van der Waals surface area contributed by atoms with Crippen molar-refractivity contribution in [3.63, 3.8) is 0 Å². The molecule has 0 bridgehead atoms. The highest BCUT2D eigenvalue weighted by Gasteiger charge is 2.37. The Bertz CT molecular complexity index is 1940. The summed E-state index contributed by atoms with van der Waals surface area (Å²) in [5, 5.41) is 7.71. The number of para-hydroxylation sites is 2. The molecule has 4 aromatic carbocycles. The molecule has 10 heteroatoms. The monoisotopic (exact) mass is 652 g/mol. The van der Waals surface area contributed by atoms with Crippen LogP contribution in [0.3, 0.4) is 0 Å². The third-order valence-electron chi connectivity index (χ3n) is 8.63. The van der Waals surface area contributed by atoms with Crippen molar-refractivity contribution in [1.82, 2.24) is 0 Å². The number of hydrogen-bond acceptors (Lipinski definition) is 10. The lowest BCUT2D eigenvalue weighted by atomic mass is 9.93.